The molecule has 0 amide bonds. The molecule has 0 saturated carbocycles. The minimum absolute atomic E-state index is 0.235. The SMILES string of the molecule is CC(C)CN(Cc1ccccc1)c1cc(Nc2ccc3c(c2)OCO3)cc(-c2ccccc2-c2nnn[nH]2)n1. The number of fused-ring (bicyclic) bond motifs is 1. The maximum Gasteiger partial charge on any atom is 0.231 e. The Labute approximate surface area is 226 Å². The van der Waals surface area contributed by atoms with E-state index >= 15 is 0 Å². The number of hydrogen-bond acceptors (Lipinski definition) is 8. The molecule has 0 saturated heterocycles. The number of aromatic nitrogens is 5. The summed E-state index contributed by atoms with van der Waals surface area (Å²) in [6, 6.07) is 28.5. The number of benzene rings is 3. The van der Waals surface area contributed by atoms with Crippen molar-refractivity contribution in [3.8, 4) is 34.1 Å². The summed E-state index contributed by atoms with van der Waals surface area (Å²) >= 11 is 0. The number of rotatable bonds is 9. The van der Waals surface area contributed by atoms with Gasteiger partial charge in [0, 0.05) is 47.7 Å². The fourth-order valence-corrected chi connectivity index (χ4v) is 4.70. The molecule has 2 N–H and O–H groups in total. The molecule has 9 heteroatoms. The van der Waals surface area contributed by atoms with Gasteiger partial charge in [0.15, 0.2) is 17.3 Å². The molecule has 9 nitrogen and oxygen atoms in total. The molecule has 1 aliphatic rings. The summed E-state index contributed by atoms with van der Waals surface area (Å²) in [4.78, 5) is 7.51. The van der Waals surface area contributed by atoms with Crippen LogP contribution in [0, 0.1) is 5.92 Å². The van der Waals surface area contributed by atoms with Crippen LogP contribution in [-0.4, -0.2) is 38.9 Å². The lowest BCUT2D eigenvalue weighted by atomic mass is 10.0. The number of pyridine rings is 1. The molecule has 0 spiro atoms. The summed E-state index contributed by atoms with van der Waals surface area (Å²) in [6.07, 6.45) is 0. The predicted octanol–water partition coefficient (Wildman–Crippen LogP) is 6.06. The lowest BCUT2D eigenvalue weighted by Crippen LogP contribution is -2.28. The second kappa shape index (κ2) is 10.8. The van der Waals surface area contributed by atoms with Gasteiger partial charge < -0.3 is 19.7 Å². The Morgan fingerprint density at radius 1 is 0.872 bits per heavy atom. The molecule has 39 heavy (non-hydrogen) atoms. The van der Waals surface area contributed by atoms with Gasteiger partial charge in [-0.05, 0) is 40.1 Å². The molecular formula is C30H29N7O2. The monoisotopic (exact) mass is 519 g/mol. The van der Waals surface area contributed by atoms with Crippen molar-refractivity contribution in [3.05, 3.63) is 90.5 Å². The molecule has 3 aromatic carbocycles. The number of H-pyrrole nitrogens is 1. The summed E-state index contributed by atoms with van der Waals surface area (Å²) in [6.45, 7) is 6.27. The van der Waals surface area contributed by atoms with Crippen molar-refractivity contribution in [3.63, 3.8) is 0 Å². The number of tetrazole rings is 1. The van der Waals surface area contributed by atoms with Gasteiger partial charge in [-0.2, -0.15) is 0 Å². The summed E-state index contributed by atoms with van der Waals surface area (Å²) < 4.78 is 11.1. The second-order valence-electron chi connectivity index (χ2n) is 9.85. The Kier molecular flexibility index (Phi) is 6.78. The van der Waals surface area contributed by atoms with Crippen LogP contribution >= 0.6 is 0 Å². The van der Waals surface area contributed by atoms with Gasteiger partial charge in [-0.1, -0.05) is 68.4 Å². The lowest BCUT2D eigenvalue weighted by Gasteiger charge is -2.27. The normalized spacial score (nSPS) is 12.1. The average Bonchev–Trinajstić information content (AvgIpc) is 3.65. The fourth-order valence-electron chi connectivity index (χ4n) is 4.70. The van der Waals surface area contributed by atoms with Gasteiger partial charge in [0.2, 0.25) is 6.79 Å². The first kappa shape index (κ1) is 24.4. The maximum absolute atomic E-state index is 5.59. The van der Waals surface area contributed by atoms with Crippen LogP contribution in [0.1, 0.15) is 19.4 Å². The summed E-state index contributed by atoms with van der Waals surface area (Å²) in [7, 11) is 0. The lowest BCUT2D eigenvalue weighted by molar-refractivity contribution is 0.174. The van der Waals surface area contributed by atoms with Crippen LogP contribution in [0.2, 0.25) is 0 Å². The largest absolute Gasteiger partial charge is 0.454 e. The van der Waals surface area contributed by atoms with Gasteiger partial charge in [0.05, 0.1) is 5.69 Å². The number of nitrogens with zero attached hydrogens (tertiary/aromatic N) is 5. The van der Waals surface area contributed by atoms with E-state index in [1.807, 2.05) is 54.6 Å². The van der Waals surface area contributed by atoms with E-state index in [-0.39, 0.29) is 6.79 Å². The standard InChI is InChI=1S/C30H29N7O2/c1-20(2)17-37(18-21-8-4-3-5-9-21)29-16-23(31-22-12-13-27-28(15-22)39-19-38-27)14-26(32-29)24-10-6-7-11-25(24)30-33-35-36-34-30/h3-16,20H,17-19H2,1-2H3,(H,31,32)(H,33,34,35,36). The molecule has 6 rings (SSSR count). The van der Waals surface area contributed by atoms with Gasteiger partial charge in [-0.25, -0.2) is 10.1 Å². The van der Waals surface area contributed by atoms with Crippen LogP contribution in [0.4, 0.5) is 17.2 Å². The third-order valence-electron chi connectivity index (χ3n) is 6.40. The van der Waals surface area contributed by atoms with Crippen molar-refractivity contribution >= 4 is 17.2 Å². The average molecular weight is 520 g/mol. The predicted molar refractivity (Wildman–Crippen MR) is 151 cm³/mol. The highest BCUT2D eigenvalue weighted by Crippen LogP contribution is 2.37. The molecule has 1 aliphatic heterocycles. The zero-order valence-corrected chi connectivity index (χ0v) is 21.8. The molecule has 0 unspecified atom stereocenters. The number of ether oxygens (including phenoxy) is 2. The molecule has 2 aromatic heterocycles. The van der Waals surface area contributed by atoms with Crippen molar-refractivity contribution in [1.82, 2.24) is 25.6 Å². The number of aromatic amines is 1. The first-order valence-corrected chi connectivity index (χ1v) is 12.9. The molecule has 3 heterocycles. The van der Waals surface area contributed by atoms with Crippen LogP contribution < -0.4 is 19.7 Å². The van der Waals surface area contributed by atoms with Gasteiger partial charge in [0.1, 0.15) is 5.82 Å². The minimum Gasteiger partial charge on any atom is -0.454 e. The van der Waals surface area contributed by atoms with Gasteiger partial charge in [-0.3, -0.25) is 0 Å². The van der Waals surface area contributed by atoms with Crippen LogP contribution in [0.25, 0.3) is 22.6 Å². The molecule has 5 aromatic rings. The summed E-state index contributed by atoms with van der Waals surface area (Å²) in [5, 5.41) is 18.2. The van der Waals surface area contributed by atoms with Gasteiger partial charge >= 0.3 is 0 Å². The van der Waals surface area contributed by atoms with Crippen molar-refractivity contribution in [2.75, 3.05) is 23.6 Å². The third-order valence-corrected chi connectivity index (χ3v) is 6.40. The zero-order chi connectivity index (χ0) is 26.6. The summed E-state index contributed by atoms with van der Waals surface area (Å²) in [5.41, 5.74) is 5.64. The van der Waals surface area contributed by atoms with Crippen molar-refractivity contribution in [2.24, 2.45) is 5.92 Å². The number of anilines is 3. The van der Waals surface area contributed by atoms with Crippen LogP contribution in [0.5, 0.6) is 11.5 Å². The highest BCUT2D eigenvalue weighted by atomic mass is 16.7. The Bertz CT molecular complexity index is 1560. The van der Waals surface area contributed by atoms with Gasteiger partial charge in [-0.15, -0.1) is 5.10 Å². The van der Waals surface area contributed by atoms with Crippen LogP contribution in [0.15, 0.2) is 84.9 Å². The molecule has 0 radical (unpaired) electrons. The summed E-state index contributed by atoms with van der Waals surface area (Å²) in [5.74, 6) is 3.38. The second-order valence-corrected chi connectivity index (χ2v) is 9.85. The molecule has 196 valence electrons. The Morgan fingerprint density at radius 2 is 1.67 bits per heavy atom. The van der Waals surface area contributed by atoms with Crippen molar-refractivity contribution in [2.45, 2.75) is 20.4 Å². The van der Waals surface area contributed by atoms with Crippen molar-refractivity contribution in [1.29, 1.82) is 0 Å². The maximum atomic E-state index is 5.59. The van der Waals surface area contributed by atoms with E-state index in [9.17, 15) is 0 Å². The first-order chi connectivity index (χ1) is 19.1. The fraction of sp³-hybridized carbons (Fsp3) is 0.200. The van der Waals surface area contributed by atoms with E-state index < -0.39 is 0 Å². The third kappa shape index (κ3) is 5.52. The molecule has 0 bridgehead atoms. The van der Waals surface area contributed by atoms with E-state index in [2.05, 4.69) is 75.0 Å². The number of hydrogen-bond donors (Lipinski definition) is 2. The Balaban J connectivity index is 1.45. The Hall–Kier alpha value is -4.92. The van der Waals surface area contributed by atoms with E-state index in [1.54, 1.807) is 0 Å². The van der Waals surface area contributed by atoms with Crippen molar-refractivity contribution < 1.29 is 9.47 Å². The highest BCUT2D eigenvalue weighted by Gasteiger charge is 2.18. The van der Waals surface area contributed by atoms with Gasteiger partial charge in [0.25, 0.3) is 0 Å². The quantitative estimate of drug-likeness (QED) is 0.242. The molecular weight excluding hydrogens is 490 g/mol. The minimum atomic E-state index is 0.235. The highest BCUT2D eigenvalue weighted by molar-refractivity contribution is 5.81. The Morgan fingerprint density at radius 3 is 2.46 bits per heavy atom. The topological polar surface area (TPSA) is 101 Å². The number of nitrogens with one attached hydrogen (secondary N) is 2. The van der Waals surface area contributed by atoms with Crippen LogP contribution in [0.3, 0.4) is 0 Å². The van der Waals surface area contributed by atoms with E-state index in [0.717, 1.165) is 58.6 Å². The smallest absolute Gasteiger partial charge is 0.231 e. The van der Waals surface area contributed by atoms with E-state index in [0.29, 0.717) is 11.7 Å². The zero-order valence-electron chi connectivity index (χ0n) is 21.8. The van der Waals surface area contributed by atoms with E-state index in [4.69, 9.17) is 14.5 Å². The van der Waals surface area contributed by atoms with Crippen LogP contribution in [-0.2, 0) is 6.54 Å². The molecule has 0 fully saturated rings. The van der Waals surface area contributed by atoms with E-state index in [1.165, 1.54) is 5.56 Å². The molecule has 0 atom stereocenters. The molecule has 0 aliphatic carbocycles. The first-order valence-electron chi connectivity index (χ1n) is 12.9.